The minimum Gasteiger partial charge on any atom is -0.376 e. The fraction of sp³-hybridized carbons (Fsp3) is 0.375. The van der Waals surface area contributed by atoms with Crippen LogP contribution in [0.15, 0.2) is 54.6 Å². The SMILES string of the molecule is O=C(NCC1CCCO1)[C@H](Cc1ccccc1)NC(=O)N1CCn2c1nc1ccccc12. The number of anilines is 1. The number of hydrogen-bond acceptors (Lipinski definition) is 4. The molecule has 1 unspecified atom stereocenters. The standard InChI is InChI=1S/C24H27N5O3/c30-22(25-16-18-9-6-14-32-18)20(15-17-7-2-1-3-8-17)27-24(31)29-13-12-28-21-11-5-4-10-19(21)26-23(28)29/h1-5,7-8,10-11,18,20H,6,9,12-16H2,(H,25,30)(H,27,31)/t18?,20-/m0/s1. The smallest absolute Gasteiger partial charge is 0.324 e. The van der Waals surface area contributed by atoms with Crippen LogP contribution in [0.5, 0.6) is 0 Å². The summed E-state index contributed by atoms with van der Waals surface area (Å²) in [6.45, 7) is 2.40. The van der Waals surface area contributed by atoms with Gasteiger partial charge in [0.05, 0.1) is 17.1 Å². The summed E-state index contributed by atoms with van der Waals surface area (Å²) in [5, 5.41) is 5.91. The van der Waals surface area contributed by atoms with E-state index in [2.05, 4.69) is 15.6 Å². The van der Waals surface area contributed by atoms with Gasteiger partial charge in [-0.05, 0) is 30.5 Å². The molecule has 2 aromatic carbocycles. The number of amides is 3. The van der Waals surface area contributed by atoms with E-state index in [0.29, 0.717) is 32.0 Å². The van der Waals surface area contributed by atoms with Crippen molar-refractivity contribution in [2.75, 3.05) is 24.6 Å². The van der Waals surface area contributed by atoms with Crippen molar-refractivity contribution in [3.8, 4) is 0 Å². The van der Waals surface area contributed by atoms with Crippen LogP contribution in [-0.2, 0) is 22.5 Å². The van der Waals surface area contributed by atoms with Gasteiger partial charge in [0.1, 0.15) is 6.04 Å². The zero-order valence-electron chi connectivity index (χ0n) is 17.9. The summed E-state index contributed by atoms with van der Waals surface area (Å²) < 4.78 is 7.65. The van der Waals surface area contributed by atoms with Gasteiger partial charge in [-0.1, -0.05) is 42.5 Å². The van der Waals surface area contributed by atoms with Crippen LogP contribution in [0.4, 0.5) is 10.7 Å². The van der Waals surface area contributed by atoms with Crippen LogP contribution in [0.3, 0.4) is 0 Å². The van der Waals surface area contributed by atoms with Gasteiger partial charge in [-0.2, -0.15) is 0 Å². The van der Waals surface area contributed by atoms with E-state index >= 15 is 0 Å². The first-order chi connectivity index (χ1) is 15.7. The second-order valence-corrected chi connectivity index (χ2v) is 8.28. The highest BCUT2D eigenvalue weighted by Crippen LogP contribution is 2.27. The maximum absolute atomic E-state index is 13.2. The number of fused-ring (bicyclic) bond motifs is 3. The van der Waals surface area contributed by atoms with Crippen LogP contribution >= 0.6 is 0 Å². The lowest BCUT2D eigenvalue weighted by atomic mass is 10.1. The van der Waals surface area contributed by atoms with Gasteiger partial charge in [-0.3, -0.25) is 9.69 Å². The quantitative estimate of drug-likeness (QED) is 0.625. The maximum atomic E-state index is 13.2. The molecule has 3 amide bonds. The third-order valence-corrected chi connectivity index (χ3v) is 6.09. The van der Waals surface area contributed by atoms with Crippen molar-refractivity contribution in [2.45, 2.75) is 38.0 Å². The Morgan fingerprint density at radius 2 is 1.91 bits per heavy atom. The van der Waals surface area contributed by atoms with Gasteiger partial charge in [0.2, 0.25) is 11.9 Å². The van der Waals surface area contributed by atoms with Crippen molar-refractivity contribution in [1.82, 2.24) is 20.2 Å². The number of nitrogens with one attached hydrogen (secondary N) is 2. The summed E-state index contributed by atoms with van der Waals surface area (Å²) in [5.41, 5.74) is 2.85. The summed E-state index contributed by atoms with van der Waals surface area (Å²) in [6, 6.07) is 16.6. The number of hydrogen-bond donors (Lipinski definition) is 2. The summed E-state index contributed by atoms with van der Waals surface area (Å²) >= 11 is 0. The minimum atomic E-state index is -0.690. The molecule has 1 saturated heterocycles. The molecule has 32 heavy (non-hydrogen) atoms. The second-order valence-electron chi connectivity index (χ2n) is 8.28. The molecule has 8 nitrogen and oxygen atoms in total. The van der Waals surface area contributed by atoms with E-state index in [0.717, 1.165) is 36.0 Å². The van der Waals surface area contributed by atoms with Crippen molar-refractivity contribution in [3.63, 3.8) is 0 Å². The highest BCUT2D eigenvalue weighted by atomic mass is 16.5. The van der Waals surface area contributed by atoms with Crippen LogP contribution in [0.25, 0.3) is 11.0 Å². The summed E-state index contributed by atoms with van der Waals surface area (Å²) in [4.78, 5) is 32.5. The van der Waals surface area contributed by atoms with Crippen molar-refractivity contribution < 1.29 is 14.3 Å². The summed E-state index contributed by atoms with van der Waals surface area (Å²) in [5.74, 6) is 0.410. The van der Waals surface area contributed by atoms with E-state index in [-0.39, 0.29) is 18.0 Å². The molecular formula is C24H27N5O3. The molecule has 2 atom stereocenters. The highest BCUT2D eigenvalue weighted by Gasteiger charge is 2.31. The molecule has 1 fully saturated rings. The van der Waals surface area contributed by atoms with Crippen LogP contribution in [0, 0.1) is 0 Å². The molecule has 3 aromatic rings. The van der Waals surface area contributed by atoms with Gasteiger partial charge >= 0.3 is 6.03 Å². The molecule has 0 bridgehead atoms. The van der Waals surface area contributed by atoms with Crippen molar-refractivity contribution in [3.05, 3.63) is 60.2 Å². The number of benzene rings is 2. The monoisotopic (exact) mass is 433 g/mol. The van der Waals surface area contributed by atoms with E-state index in [1.54, 1.807) is 4.90 Å². The largest absolute Gasteiger partial charge is 0.376 e. The molecule has 2 N–H and O–H groups in total. The molecule has 2 aliphatic rings. The van der Waals surface area contributed by atoms with Crippen molar-refractivity contribution >= 4 is 28.9 Å². The number of aromatic nitrogens is 2. The third-order valence-electron chi connectivity index (χ3n) is 6.09. The highest BCUT2D eigenvalue weighted by molar-refractivity contribution is 5.96. The van der Waals surface area contributed by atoms with Gasteiger partial charge < -0.3 is 19.9 Å². The second kappa shape index (κ2) is 9.00. The minimum absolute atomic E-state index is 0.0468. The number of rotatable bonds is 6. The Morgan fingerprint density at radius 1 is 1.09 bits per heavy atom. The van der Waals surface area contributed by atoms with Gasteiger partial charge in [0, 0.05) is 32.7 Å². The molecule has 3 heterocycles. The van der Waals surface area contributed by atoms with E-state index in [9.17, 15) is 9.59 Å². The molecule has 0 spiro atoms. The van der Waals surface area contributed by atoms with Crippen LogP contribution in [0.2, 0.25) is 0 Å². The first-order valence-corrected chi connectivity index (χ1v) is 11.2. The lowest BCUT2D eigenvalue weighted by Crippen LogP contribution is -2.53. The zero-order chi connectivity index (χ0) is 21.9. The predicted octanol–water partition coefficient (Wildman–Crippen LogP) is 2.47. The van der Waals surface area contributed by atoms with Crippen molar-refractivity contribution in [1.29, 1.82) is 0 Å². The lowest BCUT2D eigenvalue weighted by Gasteiger charge is -2.23. The third kappa shape index (κ3) is 4.18. The molecule has 0 saturated carbocycles. The molecule has 0 aliphatic carbocycles. The number of imidazole rings is 1. The number of nitrogens with zero attached hydrogens (tertiary/aromatic N) is 3. The maximum Gasteiger partial charge on any atom is 0.324 e. The summed E-state index contributed by atoms with van der Waals surface area (Å²) in [7, 11) is 0. The van der Waals surface area contributed by atoms with Crippen LogP contribution < -0.4 is 15.5 Å². The Morgan fingerprint density at radius 3 is 2.72 bits per heavy atom. The molecule has 8 heteroatoms. The normalized spacial score (nSPS) is 18.5. The number of urea groups is 1. The lowest BCUT2D eigenvalue weighted by molar-refractivity contribution is -0.123. The number of carbonyl (C=O) groups is 2. The number of carbonyl (C=O) groups excluding carboxylic acids is 2. The molecule has 5 rings (SSSR count). The Hall–Kier alpha value is -3.39. The van der Waals surface area contributed by atoms with Gasteiger partial charge in [-0.25, -0.2) is 9.78 Å². The Labute approximate surface area is 186 Å². The molecule has 166 valence electrons. The average molecular weight is 434 g/mol. The fourth-order valence-electron chi connectivity index (χ4n) is 4.41. The van der Waals surface area contributed by atoms with Crippen molar-refractivity contribution in [2.24, 2.45) is 0 Å². The Kier molecular flexibility index (Phi) is 5.77. The van der Waals surface area contributed by atoms with E-state index in [1.165, 1.54) is 0 Å². The van der Waals surface area contributed by atoms with Crippen LogP contribution in [-0.4, -0.2) is 53.3 Å². The van der Waals surface area contributed by atoms with Crippen LogP contribution in [0.1, 0.15) is 18.4 Å². The predicted molar refractivity (Wildman–Crippen MR) is 122 cm³/mol. The van der Waals surface area contributed by atoms with E-state index < -0.39 is 6.04 Å². The molecule has 2 aliphatic heterocycles. The Bertz CT molecular complexity index is 1110. The Balaban J connectivity index is 1.31. The summed E-state index contributed by atoms with van der Waals surface area (Å²) in [6.07, 6.45) is 2.42. The molecule has 0 radical (unpaired) electrons. The molecule has 1 aromatic heterocycles. The first-order valence-electron chi connectivity index (χ1n) is 11.2. The fourth-order valence-corrected chi connectivity index (χ4v) is 4.41. The first kappa shape index (κ1) is 20.5. The van der Waals surface area contributed by atoms with Gasteiger partial charge in [-0.15, -0.1) is 0 Å². The van der Waals surface area contributed by atoms with E-state index in [1.807, 2.05) is 59.2 Å². The topological polar surface area (TPSA) is 88.5 Å². The van der Waals surface area contributed by atoms with Gasteiger partial charge in [0.25, 0.3) is 0 Å². The molecular weight excluding hydrogens is 406 g/mol. The van der Waals surface area contributed by atoms with E-state index in [4.69, 9.17) is 4.74 Å². The zero-order valence-corrected chi connectivity index (χ0v) is 17.9. The number of para-hydroxylation sites is 2. The number of ether oxygens (including phenoxy) is 1. The average Bonchev–Trinajstić information content (AvgIpc) is 3.54. The van der Waals surface area contributed by atoms with Gasteiger partial charge in [0.15, 0.2) is 0 Å².